The highest BCUT2D eigenvalue weighted by Gasteiger charge is 2.12. The summed E-state index contributed by atoms with van der Waals surface area (Å²) < 4.78 is 6.98. The van der Waals surface area contributed by atoms with Crippen molar-refractivity contribution in [2.75, 3.05) is 0 Å². The van der Waals surface area contributed by atoms with Crippen LogP contribution >= 0.6 is 15.9 Å². The van der Waals surface area contributed by atoms with E-state index in [0.717, 1.165) is 38.0 Å². The third-order valence-corrected chi connectivity index (χ3v) is 4.68. The molecule has 0 amide bonds. The topological polar surface area (TPSA) is 38.4 Å². The van der Waals surface area contributed by atoms with Crippen LogP contribution in [0.2, 0.25) is 0 Å². The number of aryl methyl sites for hydroxylation is 1. The van der Waals surface area contributed by atoms with Gasteiger partial charge in [-0.2, -0.15) is 0 Å². The van der Waals surface area contributed by atoms with Crippen LogP contribution in [0.1, 0.15) is 11.1 Å². The summed E-state index contributed by atoms with van der Waals surface area (Å²) in [6.07, 6.45) is 5.74. The second-order valence-corrected chi connectivity index (χ2v) is 7.07. The Morgan fingerprint density at radius 3 is 2.67 bits per heavy atom. The zero-order valence-electron chi connectivity index (χ0n) is 14.8. The van der Waals surface area contributed by atoms with Crippen LogP contribution in [0, 0.1) is 6.92 Å². The molecule has 3 nitrogen and oxygen atoms in total. The maximum absolute atomic E-state index is 5.93. The van der Waals surface area contributed by atoms with Crippen molar-refractivity contribution in [2.24, 2.45) is 4.99 Å². The summed E-state index contributed by atoms with van der Waals surface area (Å²) >= 11 is 3.48. The Bertz CT molecular complexity index is 1140. The van der Waals surface area contributed by atoms with E-state index >= 15 is 0 Å². The van der Waals surface area contributed by atoms with E-state index in [1.54, 1.807) is 6.21 Å². The van der Waals surface area contributed by atoms with Gasteiger partial charge in [0.15, 0.2) is 5.58 Å². The van der Waals surface area contributed by atoms with Crippen molar-refractivity contribution in [3.05, 3.63) is 88.4 Å². The van der Waals surface area contributed by atoms with Crippen molar-refractivity contribution in [2.45, 2.75) is 6.92 Å². The highest BCUT2D eigenvalue weighted by molar-refractivity contribution is 9.10. The maximum atomic E-state index is 5.93. The summed E-state index contributed by atoms with van der Waals surface area (Å²) in [4.78, 5) is 9.31. The van der Waals surface area contributed by atoms with Gasteiger partial charge in [-0.3, -0.25) is 4.99 Å². The Hall–Kier alpha value is -2.98. The van der Waals surface area contributed by atoms with Crippen LogP contribution in [-0.2, 0) is 0 Å². The average molecular weight is 417 g/mol. The quantitative estimate of drug-likeness (QED) is 0.336. The molecule has 0 saturated heterocycles. The Morgan fingerprint density at radius 2 is 1.85 bits per heavy atom. The summed E-state index contributed by atoms with van der Waals surface area (Å²) in [6, 6.07) is 22.0. The van der Waals surface area contributed by atoms with Crippen LogP contribution < -0.4 is 0 Å². The lowest BCUT2D eigenvalue weighted by atomic mass is 10.2. The van der Waals surface area contributed by atoms with Gasteiger partial charge in [-0.15, -0.1) is 0 Å². The largest absolute Gasteiger partial charge is 0.436 e. The van der Waals surface area contributed by atoms with Crippen LogP contribution in [0.4, 0.5) is 5.69 Å². The average Bonchev–Trinajstić information content (AvgIpc) is 3.12. The lowest BCUT2D eigenvalue weighted by Crippen LogP contribution is -1.79. The molecule has 0 aliphatic heterocycles. The van der Waals surface area contributed by atoms with Gasteiger partial charge < -0.3 is 4.42 Å². The number of hydrogen-bond acceptors (Lipinski definition) is 3. The Morgan fingerprint density at radius 1 is 1.00 bits per heavy atom. The second kappa shape index (κ2) is 7.72. The number of hydrogen-bond donors (Lipinski definition) is 0. The van der Waals surface area contributed by atoms with E-state index in [9.17, 15) is 0 Å². The minimum Gasteiger partial charge on any atom is -0.436 e. The summed E-state index contributed by atoms with van der Waals surface area (Å²) in [5.74, 6) is 0.609. The van der Waals surface area contributed by atoms with Crippen LogP contribution in [0.25, 0.3) is 28.6 Å². The molecule has 0 atom stereocenters. The zero-order valence-corrected chi connectivity index (χ0v) is 16.3. The van der Waals surface area contributed by atoms with Crippen molar-refractivity contribution in [1.29, 1.82) is 0 Å². The predicted molar refractivity (Wildman–Crippen MR) is 116 cm³/mol. The first-order chi connectivity index (χ1) is 13.2. The molecule has 1 aromatic heterocycles. The van der Waals surface area contributed by atoms with E-state index in [4.69, 9.17) is 4.42 Å². The van der Waals surface area contributed by atoms with Crippen LogP contribution in [0.3, 0.4) is 0 Å². The molecule has 27 heavy (non-hydrogen) atoms. The molecule has 0 radical (unpaired) electrons. The van der Waals surface area contributed by atoms with E-state index < -0.39 is 0 Å². The smallest absolute Gasteiger partial charge is 0.227 e. The molecular weight excluding hydrogens is 400 g/mol. The SMILES string of the molecule is Cc1ccc2oc(-c3ccccc3)nc2c1N=C/C=C/c1cccc(Br)c1. The molecule has 0 fully saturated rings. The van der Waals surface area contributed by atoms with E-state index in [0.29, 0.717) is 5.89 Å². The van der Waals surface area contributed by atoms with Gasteiger partial charge in [0.2, 0.25) is 5.89 Å². The Balaban J connectivity index is 1.66. The second-order valence-electron chi connectivity index (χ2n) is 6.16. The number of fused-ring (bicyclic) bond motifs is 1. The Labute approximate surface area is 166 Å². The monoisotopic (exact) mass is 416 g/mol. The van der Waals surface area contributed by atoms with Gasteiger partial charge in [-0.05, 0) is 54.5 Å². The molecule has 0 aliphatic carbocycles. The number of allylic oxidation sites excluding steroid dienone is 1. The fraction of sp³-hybridized carbons (Fsp3) is 0.0435. The third kappa shape index (κ3) is 3.91. The molecule has 4 heteroatoms. The van der Waals surface area contributed by atoms with Gasteiger partial charge in [-0.1, -0.05) is 58.4 Å². The molecule has 132 valence electrons. The van der Waals surface area contributed by atoms with E-state index in [-0.39, 0.29) is 0 Å². The number of nitrogens with zero attached hydrogens (tertiary/aromatic N) is 2. The molecular formula is C23H17BrN2O. The van der Waals surface area contributed by atoms with Gasteiger partial charge in [0.05, 0.1) is 5.69 Å². The Kier molecular flexibility index (Phi) is 4.99. The molecule has 1 heterocycles. The van der Waals surface area contributed by atoms with Crippen LogP contribution in [0.5, 0.6) is 0 Å². The number of rotatable bonds is 4. The number of halogens is 1. The number of benzene rings is 3. The van der Waals surface area contributed by atoms with E-state index in [1.807, 2.05) is 79.7 Å². The summed E-state index contributed by atoms with van der Waals surface area (Å²) in [6.45, 7) is 2.03. The number of aromatic nitrogens is 1. The first-order valence-corrected chi connectivity index (χ1v) is 9.42. The minimum atomic E-state index is 0.609. The van der Waals surface area contributed by atoms with E-state index in [2.05, 4.69) is 32.0 Å². The first-order valence-electron chi connectivity index (χ1n) is 8.62. The van der Waals surface area contributed by atoms with Crippen molar-refractivity contribution < 1.29 is 4.42 Å². The molecule has 0 N–H and O–H groups in total. The first kappa shape index (κ1) is 17.4. The van der Waals surface area contributed by atoms with Crippen molar-refractivity contribution in [3.8, 4) is 11.5 Å². The predicted octanol–water partition coefficient (Wildman–Crippen LogP) is 6.98. The fourth-order valence-corrected chi connectivity index (χ4v) is 3.25. The highest BCUT2D eigenvalue weighted by Crippen LogP contribution is 2.32. The highest BCUT2D eigenvalue weighted by atomic mass is 79.9. The van der Waals surface area contributed by atoms with Crippen LogP contribution in [0.15, 0.2) is 86.7 Å². The van der Waals surface area contributed by atoms with Gasteiger partial charge in [0.25, 0.3) is 0 Å². The molecule has 3 aromatic carbocycles. The van der Waals surface area contributed by atoms with Crippen molar-refractivity contribution >= 4 is 45.0 Å². The van der Waals surface area contributed by atoms with Crippen LogP contribution in [-0.4, -0.2) is 11.2 Å². The van der Waals surface area contributed by atoms with Crippen molar-refractivity contribution in [1.82, 2.24) is 4.98 Å². The standard InChI is InChI=1S/C23H17BrN2O/c1-16-12-13-20-22(26-23(27-20)18-9-3-2-4-10-18)21(16)25-14-6-8-17-7-5-11-19(24)15-17/h2-15H,1H3/b8-6+,25-14?. The molecule has 0 unspecified atom stereocenters. The van der Waals surface area contributed by atoms with Gasteiger partial charge in [0, 0.05) is 16.3 Å². The van der Waals surface area contributed by atoms with Gasteiger partial charge in [-0.25, -0.2) is 4.98 Å². The molecule has 0 spiro atoms. The normalized spacial score (nSPS) is 11.8. The fourth-order valence-electron chi connectivity index (χ4n) is 2.83. The van der Waals surface area contributed by atoms with Gasteiger partial charge >= 0.3 is 0 Å². The third-order valence-electron chi connectivity index (χ3n) is 4.18. The minimum absolute atomic E-state index is 0.609. The van der Waals surface area contributed by atoms with Crippen molar-refractivity contribution in [3.63, 3.8) is 0 Å². The summed E-state index contributed by atoms with van der Waals surface area (Å²) in [7, 11) is 0. The summed E-state index contributed by atoms with van der Waals surface area (Å²) in [5, 5.41) is 0. The molecule has 0 saturated carbocycles. The lowest BCUT2D eigenvalue weighted by Gasteiger charge is -1.98. The zero-order chi connectivity index (χ0) is 18.6. The van der Waals surface area contributed by atoms with E-state index in [1.165, 1.54) is 0 Å². The molecule has 4 rings (SSSR count). The molecule has 0 bridgehead atoms. The number of oxazole rings is 1. The lowest BCUT2D eigenvalue weighted by molar-refractivity contribution is 0.620. The van der Waals surface area contributed by atoms with Gasteiger partial charge in [0.1, 0.15) is 5.52 Å². The molecule has 4 aromatic rings. The number of aliphatic imine (C=N–C) groups is 1. The summed E-state index contributed by atoms with van der Waals surface area (Å²) in [5.41, 5.74) is 5.47. The molecule has 0 aliphatic rings. The maximum Gasteiger partial charge on any atom is 0.227 e.